The van der Waals surface area contributed by atoms with Gasteiger partial charge in [-0.05, 0) is 19.3 Å². The molecular weight excluding hydrogens is 174 g/mol. The Balaban J connectivity index is 0.000001000. The molecule has 1 saturated carbocycles. The minimum atomic E-state index is -2.41. The molecule has 0 spiro atoms. The van der Waals surface area contributed by atoms with Crippen molar-refractivity contribution >= 4 is 8.03 Å². The van der Waals surface area contributed by atoms with Crippen molar-refractivity contribution in [3.8, 4) is 0 Å². The Morgan fingerprint density at radius 3 is 2.27 bits per heavy atom. The smallest absolute Gasteiger partial charge is 0.595 e. The molecule has 0 aromatic heterocycles. The molecule has 0 aromatic carbocycles. The van der Waals surface area contributed by atoms with Crippen LogP contribution in [0.5, 0.6) is 0 Å². The van der Waals surface area contributed by atoms with Gasteiger partial charge in [0.1, 0.15) is 6.10 Å². The van der Waals surface area contributed by atoms with Crippen LogP contribution < -0.4 is 34.5 Å². The molecule has 0 saturated heterocycles. The maximum atomic E-state index is 10.4. The van der Waals surface area contributed by atoms with Gasteiger partial charge in [0.05, 0.1) is 0 Å². The van der Waals surface area contributed by atoms with Crippen LogP contribution in [0.3, 0.4) is 0 Å². The number of rotatable bonds is 1. The van der Waals surface area contributed by atoms with Crippen LogP contribution in [-0.4, -0.2) is 16.9 Å². The van der Waals surface area contributed by atoms with Crippen molar-refractivity contribution in [3.63, 3.8) is 0 Å². The van der Waals surface area contributed by atoms with Crippen molar-refractivity contribution in [1.29, 1.82) is 0 Å². The number of hydrogen-bond donors (Lipinski definition) is 1. The summed E-state index contributed by atoms with van der Waals surface area (Å²) in [6.07, 6.45) is 2.58. The zero-order chi connectivity index (χ0) is 7.56. The quantitative estimate of drug-likeness (QED) is 0.360. The van der Waals surface area contributed by atoms with Crippen molar-refractivity contribution in [2.45, 2.75) is 37.4 Å². The van der Waals surface area contributed by atoms with Crippen LogP contribution in [0.2, 0.25) is 0 Å². The summed E-state index contributed by atoms with van der Waals surface area (Å²) < 4.78 is 10.4. The third kappa shape index (κ3) is 3.49. The standard InChI is InChI=1S/C6H11O3P.Na/c7-5-3-1-2-4-6(5)10(8)9;/h5-7H,1-4H2;/q;+1. The van der Waals surface area contributed by atoms with E-state index in [4.69, 9.17) is 5.11 Å². The molecule has 0 heterocycles. The van der Waals surface area contributed by atoms with E-state index >= 15 is 0 Å². The molecule has 1 aliphatic carbocycles. The molecule has 0 bridgehead atoms. The largest absolute Gasteiger partial charge is 1.00 e. The number of aliphatic hydroxyl groups is 1. The van der Waals surface area contributed by atoms with Crippen molar-refractivity contribution in [2.75, 3.05) is 0 Å². The van der Waals surface area contributed by atoms with Crippen LogP contribution in [-0.2, 0) is 4.57 Å². The summed E-state index contributed by atoms with van der Waals surface area (Å²) in [5.41, 5.74) is -0.469. The molecule has 3 unspecified atom stereocenters. The summed E-state index contributed by atoms with van der Waals surface area (Å²) in [5, 5.41) is 9.16. The van der Waals surface area contributed by atoms with Gasteiger partial charge in [0.15, 0.2) is 5.66 Å². The first-order valence-electron chi connectivity index (χ1n) is 3.53. The van der Waals surface area contributed by atoms with Gasteiger partial charge in [0, 0.05) is 0 Å². The van der Waals surface area contributed by atoms with E-state index in [2.05, 4.69) is 0 Å². The van der Waals surface area contributed by atoms with Gasteiger partial charge in [0.25, 0.3) is 0 Å². The molecule has 11 heavy (non-hydrogen) atoms. The Morgan fingerprint density at radius 2 is 1.91 bits per heavy atom. The fourth-order valence-corrected chi connectivity index (χ4v) is 2.16. The van der Waals surface area contributed by atoms with E-state index in [-0.39, 0.29) is 29.6 Å². The molecule has 1 fully saturated rings. The average molecular weight is 185 g/mol. The van der Waals surface area contributed by atoms with Gasteiger partial charge in [-0.2, -0.15) is 0 Å². The maximum absolute atomic E-state index is 10.4. The van der Waals surface area contributed by atoms with E-state index < -0.39 is 19.8 Å². The molecule has 1 aliphatic rings. The first-order chi connectivity index (χ1) is 4.72. The zero-order valence-corrected chi connectivity index (χ0v) is 9.59. The molecule has 58 valence electrons. The SMILES string of the molecule is O=[P+]([O-])C1CCCCC1O.[Na+]. The summed E-state index contributed by atoms with van der Waals surface area (Å²) in [4.78, 5) is 10.4. The van der Waals surface area contributed by atoms with Crippen molar-refractivity contribution < 1.29 is 44.1 Å². The van der Waals surface area contributed by atoms with Gasteiger partial charge in [0.2, 0.25) is 0 Å². The van der Waals surface area contributed by atoms with E-state index in [0.717, 1.165) is 12.8 Å². The summed E-state index contributed by atoms with van der Waals surface area (Å²) in [5.74, 6) is 0. The molecule has 0 amide bonds. The zero-order valence-electron chi connectivity index (χ0n) is 6.69. The van der Waals surface area contributed by atoms with Crippen LogP contribution in [0.1, 0.15) is 25.7 Å². The molecule has 0 radical (unpaired) electrons. The maximum Gasteiger partial charge on any atom is 1.00 e. The summed E-state index contributed by atoms with van der Waals surface area (Å²) in [7, 11) is -2.41. The van der Waals surface area contributed by atoms with Gasteiger partial charge in [-0.3, -0.25) is 0 Å². The molecule has 3 atom stereocenters. The second kappa shape index (κ2) is 5.63. The first-order valence-corrected chi connectivity index (χ1v) is 4.78. The Bertz CT molecular complexity index is 142. The fourth-order valence-electron chi connectivity index (χ4n) is 1.34. The van der Waals surface area contributed by atoms with Crippen LogP contribution in [0.15, 0.2) is 0 Å². The predicted molar refractivity (Wildman–Crippen MR) is 35.9 cm³/mol. The van der Waals surface area contributed by atoms with E-state index in [0.29, 0.717) is 12.8 Å². The Morgan fingerprint density at radius 1 is 1.36 bits per heavy atom. The summed E-state index contributed by atoms with van der Waals surface area (Å²) in [6.45, 7) is 0. The normalized spacial score (nSPS) is 32.4. The molecule has 5 heteroatoms. The minimum Gasteiger partial charge on any atom is -0.595 e. The minimum absolute atomic E-state index is 0. The van der Waals surface area contributed by atoms with E-state index in [9.17, 15) is 9.46 Å². The second-order valence-electron chi connectivity index (χ2n) is 2.70. The molecule has 1 rings (SSSR count). The predicted octanol–water partition coefficient (Wildman–Crippen LogP) is -2.60. The van der Waals surface area contributed by atoms with Crippen LogP contribution in [0.4, 0.5) is 0 Å². The van der Waals surface area contributed by atoms with Crippen LogP contribution in [0.25, 0.3) is 0 Å². The number of hydrogen-bond acceptors (Lipinski definition) is 3. The Hall–Kier alpha value is 1.02. The van der Waals surface area contributed by atoms with E-state index in [1.807, 2.05) is 0 Å². The van der Waals surface area contributed by atoms with Crippen LogP contribution >= 0.6 is 8.03 Å². The molecule has 3 nitrogen and oxygen atoms in total. The van der Waals surface area contributed by atoms with E-state index in [1.165, 1.54) is 0 Å². The van der Waals surface area contributed by atoms with Crippen molar-refractivity contribution in [3.05, 3.63) is 0 Å². The number of aliphatic hydroxyl groups excluding tert-OH is 1. The van der Waals surface area contributed by atoms with Gasteiger partial charge in [-0.15, -0.1) is 0 Å². The Labute approximate surface area is 89.4 Å². The topological polar surface area (TPSA) is 60.4 Å². The average Bonchev–Trinajstić information content (AvgIpc) is 1.88. The molecule has 1 N–H and O–H groups in total. The van der Waals surface area contributed by atoms with Crippen molar-refractivity contribution in [1.82, 2.24) is 0 Å². The molecule has 0 aromatic rings. The van der Waals surface area contributed by atoms with Crippen molar-refractivity contribution in [2.24, 2.45) is 0 Å². The van der Waals surface area contributed by atoms with Gasteiger partial charge in [-0.25, -0.2) is 0 Å². The molecular formula is C6H11NaO3P+. The second-order valence-corrected chi connectivity index (χ2v) is 3.94. The fraction of sp³-hybridized carbons (Fsp3) is 1.00. The Kier molecular flexibility index (Phi) is 6.15. The summed E-state index contributed by atoms with van der Waals surface area (Å²) in [6, 6.07) is 0. The van der Waals surface area contributed by atoms with E-state index in [1.54, 1.807) is 0 Å². The van der Waals surface area contributed by atoms with Gasteiger partial charge in [-0.1, -0.05) is 11.0 Å². The summed E-state index contributed by atoms with van der Waals surface area (Å²) >= 11 is 0. The van der Waals surface area contributed by atoms with Crippen LogP contribution in [0, 0.1) is 0 Å². The van der Waals surface area contributed by atoms with Gasteiger partial charge < -0.3 is 10.00 Å². The third-order valence-electron chi connectivity index (χ3n) is 1.96. The van der Waals surface area contributed by atoms with Gasteiger partial charge >= 0.3 is 37.6 Å². The first kappa shape index (κ1) is 12.0. The monoisotopic (exact) mass is 185 g/mol. The molecule has 0 aliphatic heterocycles. The third-order valence-corrected chi connectivity index (χ3v) is 3.11.